The number of hydrogen-bond acceptors (Lipinski definition) is 7. The van der Waals surface area contributed by atoms with E-state index in [4.69, 9.17) is 4.74 Å². The van der Waals surface area contributed by atoms with Gasteiger partial charge in [-0.15, -0.1) is 5.10 Å². The molecule has 0 aliphatic rings. The zero-order valence-corrected chi connectivity index (χ0v) is 12.0. The molecule has 21 heavy (non-hydrogen) atoms. The average molecular weight is 312 g/mol. The van der Waals surface area contributed by atoms with E-state index in [0.29, 0.717) is 5.69 Å². The van der Waals surface area contributed by atoms with Gasteiger partial charge in [0, 0.05) is 24.1 Å². The second-order valence-electron chi connectivity index (χ2n) is 4.14. The highest BCUT2D eigenvalue weighted by molar-refractivity contribution is 7.10. The molecule has 112 valence electrons. The molecule has 0 spiro atoms. The standard InChI is InChI=1S/C12H13FN4O3S/c1-2-5-14-12-10(15-16-21-12)7-20-11-4-3-8(17(18)19)6-9(11)13/h3-4,6,14H,2,5,7H2,1H3. The molecule has 9 heteroatoms. The van der Waals surface area contributed by atoms with Crippen molar-refractivity contribution in [2.45, 2.75) is 20.0 Å². The molecule has 0 radical (unpaired) electrons. The first-order valence-electron chi connectivity index (χ1n) is 6.23. The van der Waals surface area contributed by atoms with Crippen molar-refractivity contribution in [2.24, 2.45) is 0 Å². The van der Waals surface area contributed by atoms with Crippen molar-refractivity contribution < 1.29 is 14.1 Å². The molecule has 0 saturated carbocycles. The number of halogens is 1. The van der Waals surface area contributed by atoms with E-state index in [2.05, 4.69) is 14.9 Å². The van der Waals surface area contributed by atoms with E-state index >= 15 is 0 Å². The molecule has 0 fully saturated rings. The first-order valence-corrected chi connectivity index (χ1v) is 7.01. The van der Waals surface area contributed by atoms with Crippen molar-refractivity contribution >= 4 is 22.2 Å². The Morgan fingerprint density at radius 1 is 1.52 bits per heavy atom. The first kappa shape index (κ1) is 15.1. The third kappa shape index (κ3) is 3.85. The molecule has 1 aromatic heterocycles. The summed E-state index contributed by atoms with van der Waals surface area (Å²) in [5, 5.41) is 18.4. The normalized spacial score (nSPS) is 10.4. The zero-order valence-electron chi connectivity index (χ0n) is 11.2. The van der Waals surface area contributed by atoms with E-state index in [1.54, 1.807) is 0 Å². The Morgan fingerprint density at radius 3 is 3.00 bits per heavy atom. The van der Waals surface area contributed by atoms with E-state index < -0.39 is 10.7 Å². The van der Waals surface area contributed by atoms with Crippen molar-refractivity contribution in [3.8, 4) is 5.75 Å². The van der Waals surface area contributed by atoms with Crippen LogP contribution in [0.15, 0.2) is 18.2 Å². The third-order valence-electron chi connectivity index (χ3n) is 2.58. The topological polar surface area (TPSA) is 90.2 Å². The van der Waals surface area contributed by atoms with Crippen molar-refractivity contribution in [3.05, 3.63) is 39.8 Å². The lowest BCUT2D eigenvalue weighted by Crippen LogP contribution is -2.04. The maximum absolute atomic E-state index is 13.7. The minimum absolute atomic E-state index is 0.0390. The molecular weight excluding hydrogens is 299 g/mol. The molecule has 2 aromatic rings. The number of nitrogens with zero attached hydrogens (tertiary/aromatic N) is 3. The van der Waals surface area contributed by atoms with Crippen LogP contribution >= 0.6 is 11.5 Å². The minimum atomic E-state index is -0.782. The van der Waals surface area contributed by atoms with Gasteiger partial charge < -0.3 is 10.1 Å². The Morgan fingerprint density at radius 2 is 2.33 bits per heavy atom. The number of nitro groups is 1. The number of aromatic nitrogens is 2. The highest BCUT2D eigenvalue weighted by Crippen LogP contribution is 2.25. The highest BCUT2D eigenvalue weighted by atomic mass is 32.1. The number of non-ortho nitro benzene ring substituents is 1. The zero-order chi connectivity index (χ0) is 15.2. The largest absolute Gasteiger partial charge is 0.484 e. The summed E-state index contributed by atoms with van der Waals surface area (Å²) in [6.07, 6.45) is 0.954. The second kappa shape index (κ2) is 6.93. The maximum Gasteiger partial charge on any atom is 0.272 e. The van der Waals surface area contributed by atoms with Crippen LogP contribution in [0.3, 0.4) is 0 Å². The Hall–Kier alpha value is -2.29. The van der Waals surface area contributed by atoms with Gasteiger partial charge in [-0.25, -0.2) is 4.39 Å². The fourth-order valence-corrected chi connectivity index (χ4v) is 2.14. The average Bonchev–Trinajstić information content (AvgIpc) is 2.91. The van der Waals surface area contributed by atoms with Gasteiger partial charge in [-0.2, -0.15) is 0 Å². The van der Waals surface area contributed by atoms with Crippen LogP contribution in [-0.2, 0) is 6.61 Å². The lowest BCUT2D eigenvalue weighted by atomic mass is 10.3. The molecule has 0 aliphatic carbocycles. The van der Waals surface area contributed by atoms with Crippen LogP contribution in [0.1, 0.15) is 19.0 Å². The van der Waals surface area contributed by atoms with E-state index in [9.17, 15) is 14.5 Å². The van der Waals surface area contributed by atoms with Crippen LogP contribution in [0, 0.1) is 15.9 Å². The van der Waals surface area contributed by atoms with Crippen molar-refractivity contribution in [1.29, 1.82) is 0 Å². The summed E-state index contributed by atoms with van der Waals surface area (Å²) >= 11 is 1.20. The van der Waals surface area contributed by atoms with E-state index in [1.165, 1.54) is 23.7 Å². The van der Waals surface area contributed by atoms with Gasteiger partial charge >= 0.3 is 0 Å². The summed E-state index contributed by atoms with van der Waals surface area (Å²) in [5.41, 5.74) is 0.256. The van der Waals surface area contributed by atoms with Gasteiger partial charge in [0.1, 0.15) is 17.3 Å². The summed E-state index contributed by atoms with van der Waals surface area (Å²) in [7, 11) is 0. The van der Waals surface area contributed by atoms with Crippen LogP contribution < -0.4 is 10.1 Å². The number of nitrogens with one attached hydrogen (secondary N) is 1. The van der Waals surface area contributed by atoms with Crippen LogP contribution in [0.25, 0.3) is 0 Å². The number of anilines is 1. The Bertz CT molecular complexity index is 635. The lowest BCUT2D eigenvalue weighted by Gasteiger charge is -2.07. The van der Waals surface area contributed by atoms with Crippen LogP contribution in [0.2, 0.25) is 0 Å². The number of nitro benzene ring substituents is 1. The van der Waals surface area contributed by atoms with Crippen molar-refractivity contribution in [2.75, 3.05) is 11.9 Å². The molecule has 0 bridgehead atoms. The summed E-state index contributed by atoms with van der Waals surface area (Å²) in [6, 6.07) is 3.24. The Balaban J connectivity index is 2.03. The van der Waals surface area contributed by atoms with E-state index in [0.717, 1.165) is 24.0 Å². The number of hydrogen-bond donors (Lipinski definition) is 1. The molecule has 0 amide bonds. The minimum Gasteiger partial charge on any atom is -0.484 e. The van der Waals surface area contributed by atoms with Crippen LogP contribution in [0.4, 0.5) is 15.1 Å². The molecule has 0 saturated heterocycles. The molecule has 1 aromatic carbocycles. The molecule has 1 N–H and O–H groups in total. The van der Waals surface area contributed by atoms with Gasteiger partial charge in [-0.05, 0) is 12.5 Å². The van der Waals surface area contributed by atoms with Crippen molar-refractivity contribution in [3.63, 3.8) is 0 Å². The second-order valence-corrected chi connectivity index (χ2v) is 4.89. The molecule has 2 rings (SSSR count). The maximum atomic E-state index is 13.7. The smallest absolute Gasteiger partial charge is 0.272 e. The Kier molecular flexibility index (Phi) is 4.99. The van der Waals surface area contributed by atoms with Crippen molar-refractivity contribution in [1.82, 2.24) is 9.59 Å². The van der Waals surface area contributed by atoms with Crippen LogP contribution in [-0.4, -0.2) is 21.1 Å². The lowest BCUT2D eigenvalue weighted by molar-refractivity contribution is -0.385. The van der Waals surface area contributed by atoms with Crippen LogP contribution in [0.5, 0.6) is 5.75 Å². The summed E-state index contributed by atoms with van der Waals surface area (Å²) in [4.78, 5) is 9.86. The van der Waals surface area contributed by atoms with Gasteiger partial charge in [0.2, 0.25) is 0 Å². The molecular formula is C12H13FN4O3S. The third-order valence-corrected chi connectivity index (χ3v) is 3.31. The first-order chi connectivity index (χ1) is 10.1. The molecule has 0 aliphatic heterocycles. The van der Waals surface area contributed by atoms with Gasteiger partial charge in [-0.1, -0.05) is 11.4 Å². The van der Waals surface area contributed by atoms with Gasteiger partial charge in [0.25, 0.3) is 5.69 Å². The summed E-state index contributed by atoms with van der Waals surface area (Å²) < 4.78 is 22.8. The SMILES string of the molecule is CCCNc1snnc1COc1ccc([N+](=O)[O-])cc1F. The number of benzene rings is 1. The fourth-order valence-electron chi connectivity index (χ4n) is 1.54. The highest BCUT2D eigenvalue weighted by Gasteiger charge is 2.13. The van der Waals surface area contributed by atoms with Gasteiger partial charge in [-0.3, -0.25) is 10.1 Å². The summed E-state index contributed by atoms with van der Waals surface area (Å²) in [6.45, 7) is 2.85. The summed E-state index contributed by atoms with van der Waals surface area (Å²) in [5.74, 6) is -0.842. The molecule has 0 unspecified atom stereocenters. The van der Waals surface area contributed by atoms with E-state index in [1.807, 2.05) is 6.92 Å². The predicted octanol–water partition coefficient (Wildman–Crippen LogP) is 2.99. The molecule has 7 nitrogen and oxygen atoms in total. The van der Waals surface area contributed by atoms with Gasteiger partial charge in [0.05, 0.1) is 11.0 Å². The quantitative estimate of drug-likeness (QED) is 0.624. The monoisotopic (exact) mass is 312 g/mol. The molecule has 1 heterocycles. The van der Waals surface area contributed by atoms with Gasteiger partial charge in [0.15, 0.2) is 11.6 Å². The predicted molar refractivity (Wildman–Crippen MR) is 76.1 cm³/mol. The molecule has 0 atom stereocenters. The van der Waals surface area contributed by atoms with E-state index in [-0.39, 0.29) is 18.0 Å². The fraction of sp³-hybridized carbons (Fsp3) is 0.333. The number of ether oxygens (including phenoxy) is 1. The number of rotatable bonds is 7. The Labute approximate surface area is 124 Å².